The van der Waals surface area contributed by atoms with Crippen LogP contribution in [0.5, 0.6) is 0 Å². The minimum atomic E-state index is 0.456. The van der Waals surface area contributed by atoms with Gasteiger partial charge in [-0.15, -0.1) is 0 Å². The summed E-state index contributed by atoms with van der Waals surface area (Å²) in [5, 5.41) is 5.98. The molecule has 3 N–H and O–H groups in total. The standard InChI is InChI=1S/C25H19ClN6/c1-15-7-8-18-20(13-22(31-24(18)27)16-4-2-5-17(26)12-16)23(15)32-25-19(6-3-10-29-25)21-9-11-28-14-30-21/h2-14H,1H3,(H2,27,31)(H,29,32). The van der Waals surface area contributed by atoms with Crippen LogP contribution in [0.15, 0.2) is 79.4 Å². The number of hydrogen-bond donors (Lipinski definition) is 2. The second kappa shape index (κ2) is 8.24. The van der Waals surface area contributed by atoms with Crippen molar-refractivity contribution >= 4 is 39.7 Å². The van der Waals surface area contributed by atoms with E-state index in [1.165, 1.54) is 6.33 Å². The third-order valence-corrected chi connectivity index (χ3v) is 5.52. The lowest BCUT2D eigenvalue weighted by molar-refractivity contribution is 1.17. The Morgan fingerprint density at radius 1 is 0.875 bits per heavy atom. The van der Waals surface area contributed by atoms with Crippen LogP contribution in [-0.4, -0.2) is 19.9 Å². The fourth-order valence-corrected chi connectivity index (χ4v) is 3.89. The first-order valence-electron chi connectivity index (χ1n) is 10.0. The summed E-state index contributed by atoms with van der Waals surface area (Å²) in [6.45, 7) is 2.05. The average Bonchev–Trinajstić information content (AvgIpc) is 2.82. The summed E-state index contributed by atoms with van der Waals surface area (Å²) in [5.41, 5.74) is 11.6. The molecule has 0 amide bonds. The molecule has 0 aliphatic rings. The second-order valence-electron chi connectivity index (χ2n) is 7.37. The highest BCUT2D eigenvalue weighted by atomic mass is 35.5. The highest BCUT2D eigenvalue weighted by molar-refractivity contribution is 6.30. The molecule has 0 saturated heterocycles. The van der Waals surface area contributed by atoms with Crippen LogP contribution < -0.4 is 11.1 Å². The SMILES string of the molecule is Cc1ccc2c(N)nc(-c3cccc(Cl)c3)cc2c1Nc1ncccc1-c1ccncn1. The van der Waals surface area contributed by atoms with Gasteiger partial charge in [0.25, 0.3) is 0 Å². The molecular weight excluding hydrogens is 420 g/mol. The summed E-state index contributed by atoms with van der Waals surface area (Å²) in [7, 11) is 0. The summed E-state index contributed by atoms with van der Waals surface area (Å²) in [6.07, 6.45) is 4.99. The number of nitrogen functional groups attached to an aromatic ring is 1. The lowest BCUT2D eigenvalue weighted by Crippen LogP contribution is -2.02. The maximum Gasteiger partial charge on any atom is 0.139 e. The molecule has 0 unspecified atom stereocenters. The van der Waals surface area contributed by atoms with Gasteiger partial charge < -0.3 is 11.1 Å². The lowest BCUT2D eigenvalue weighted by atomic mass is 10.0. The van der Waals surface area contributed by atoms with Crippen molar-refractivity contribution in [1.82, 2.24) is 19.9 Å². The zero-order chi connectivity index (χ0) is 22.1. The predicted octanol–water partition coefficient (Wildman–Crippen LogP) is 6.04. The number of fused-ring (bicyclic) bond motifs is 1. The van der Waals surface area contributed by atoms with Crippen LogP contribution in [0.25, 0.3) is 33.3 Å². The van der Waals surface area contributed by atoms with Crippen molar-refractivity contribution in [2.24, 2.45) is 0 Å². The molecule has 0 atom stereocenters. The minimum Gasteiger partial charge on any atom is -0.383 e. The average molecular weight is 439 g/mol. The molecule has 0 saturated carbocycles. The normalized spacial score (nSPS) is 10.9. The van der Waals surface area contributed by atoms with Gasteiger partial charge in [0, 0.05) is 39.3 Å². The topological polar surface area (TPSA) is 89.6 Å². The number of hydrogen-bond acceptors (Lipinski definition) is 6. The van der Waals surface area contributed by atoms with Gasteiger partial charge in [-0.3, -0.25) is 0 Å². The molecule has 3 aromatic heterocycles. The smallest absolute Gasteiger partial charge is 0.139 e. The van der Waals surface area contributed by atoms with Crippen molar-refractivity contribution in [2.45, 2.75) is 6.92 Å². The van der Waals surface area contributed by atoms with Crippen LogP contribution in [0.2, 0.25) is 5.02 Å². The Balaban J connectivity index is 1.68. The summed E-state index contributed by atoms with van der Waals surface area (Å²) >= 11 is 6.20. The van der Waals surface area contributed by atoms with E-state index in [4.69, 9.17) is 17.3 Å². The molecule has 0 bridgehead atoms. The van der Waals surface area contributed by atoms with Crippen LogP contribution in [0.1, 0.15) is 5.56 Å². The molecule has 6 nitrogen and oxygen atoms in total. The van der Waals surface area contributed by atoms with Gasteiger partial charge in [0.2, 0.25) is 0 Å². The number of aromatic nitrogens is 4. The van der Waals surface area contributed by atoms with E-state index in [2.05, 4.69) is 25.3 Å². The molecule has 7 heteroatoms. The molecule has 2 aromatic carbocycles. The molecule has 3 heterocycles. The Hall–Kier alpha value is -4.03. The zero-order valence-electron chi connectivity index (χ0n) is 17.2. The van der Waals surface area contributed by atoms with Crippen molar-refractivity contribution in [3.05, 3.63) is 90.0 Å². The lowest BCUT2D eigenvalue weighted by Gasteiger charge is -2.16. The van der Waals surface area contributed by atoms with Crippen LogP contribution in [0.4, 0.5) is 17.3 Å². The molecule has 0 aliphatic heterocycles. The van der Waals surface area contributed by atoms with Gasteiger partial charge in [-0.2, -0.15) is 0 Å². The number of pyridine rings is 2. The number of rotatable bonds is 4. The van der Waals surface area contributed by atoms with Gasteiger partial charge in [0.05, 0.1) is 17.1 Å². The maximum atomic E-state index is 6.36. The van der Waals surface area contributed by atoms with E-state index in [9.17, 15) is 0 Å². The largest absolute Gasteiger partial charge is 0.383 e. The van der Waals surface area contributed by atoms with Gasteiger partial charge in [-0.1, -0.05) is 35.9 Å². The molecule has 32 heavy (non-hydrogen) atoms. The van der Waals surface area contributed by atoms with Crippen molar-refractivity contribution in [1.29, 1.82) is 0 Å². The third kappa shape index (κ3) is 3.72. The van der Waals surface area contributed by atoms with Gasteiger partial charge in [-0.25, -0.2) is 19.9 Å². The van der Waals surface area contributed by atoms with Crippen molar-refractivity contribution < 1.29 is 0 Å². The molecular formula is C25H19ClN6. The van der Waals surface area contributed by atoms with E-state index >= 15 is 0 Å². The Morgan fingerprint density at radius 2 is 1.78 bits per heavy atom. The number of halogens is 1. The van der Waals surface area contributed by atoms with Gasteiger partial charge in [0.1, 0.15) is 18.0 Å². The van der Waals surface area contributed by atoms with Crippen molar-refractivity contribution in [3.8, 4) is 22.5 Å². The quantitative estimate of drug-likeness (QED) is 0.355. The molecule has 5 aromatic rings. The molecule has 0 fully saturated rings. The Kier molecular flexibility index (Phi) is 5.13. The second-order valence-corrected chi connectivity index (χ2v) is 7.81. The fraction of sp³-hybridized carbons (Fsp3) is 0.0400. The number of nitrogens with zero attached hydrogens (tertiary/aromatic N) is 4. The molecule has 156 valence electrons. The van der Waals surface area contributed by atoms with E-state index in [-0.39, 0.29) is 0 Å². The number of aryl methyl sites for hydroxylation is 1. The molecule has 0 spiro atoms. The van der Waals surface area contributed by atoms with Crippen LogP contribution in [-0.2, 0) is 0 Å². The zero-order valence-corrected chi connectivity index (χ0v) is 18.0. The van der Waals surface area contributed by atoms with E-state index in [0.717, 1.165) is 44.5 Å². The van der Waals surface area contributed by atoms with E-state index in [0.29, 0.717) is 16.7 Å². The van der Waals surface area contributed by atoms with Crippen LogP contribution in [0, 0.1) is 6.92 Å². The fourth-order valence-electron chi connectivity index (χ4n) is 3.70. The minimum absolute atomic E-state index is 0.456. The van der Waals surface area contributed by atoms with Crippen molar-refractivity contribution in [2.75, 3.05) is 11.1 Å². The van der Waals surface area contributed by atoms with E-state index < -0.39 is 0 Å². The molecule has 0 radical (unpaired) electrons. The molecule has 5 rings (SSSR count). The number of benzene rings is 2. The van der Waals surface area contributed by atoms with Crippen molar-refractivity contribution in [3.63, 3.8) is 0 Å². The Labute approximate surface area is 190 Å². The number of nitrogens with one attached hydrogen (secondary N) is 1. The highest BCUT2D eigenvalue weighted by Crippen LogP contribution is 2.36. The van der Waals surface area contributed by atoms with Crippen LogP contribution in [0.3, 0.4) is 0 Å². The van der Waals surface area contributed by atoms with Gasteiger partial charge in [-0.05, 0) is 48.9 Å². The number of anilines is 3. The summed E-state index contributed by atoms with van der Waals surface area (Å²) in [4.78, 5) is 17.6. The monoisotopic (exact) mass is 438 g/mol. The first kappa shape index (κ1) is 19.9. The van der Waals surface area contributed by atoms with E-state index in [1.54, 1.807) is 12.4 Å². The maximum absolute atomic E-state index is 6.36. The highest BCUT2D eigenvalue weighted by Gasteiger charge is 2.14. The first-order valence-corrected chi connectivity index (χ1v) is 10.4. The number of nitrogens with two attached hydrogens (primary N) is 1. The van der Waals surface area contributed by atoms with Gasteiger partial charge in [0.15, 0.2) is 0 Å². The van der Waals surface area contributed by atoms with Gasteiger partial charge >= 0.3 is 0 Å². The summed E-state index contributed by atoms with van der Waals surface area (Å²) in [6, 6.07) is 19.3. The summed E-state index contributed by atoms with van der Waals surface area (Å²) in [5.74, 6) is 1.15. The van der Waals surface area contributed by atoms with E-state index in [1.807, 2.05) is 67.6 Å². The predicted molar refractivity (Wildman–Crippen MR) is 130 cm³/mol. The first-order chi connectivity index (χ1) is 15.6. The summed E-state index contributed by atoms with van der Waals surface area (Å²) < 4.78 is 0. The Morgan fingerprint density at radius 3 is 2.59 bits per heavy atom. The Bertz CT molecular complexity index is 1440. The van der Waals surface area contributed by atoms with Crippen LogP contribution >= 0.6 is 11.6 Å². The third-order valence-electron chi connectivity index (χ3n) is 5.28. The molecule has 0 aliphatic carbocycles.